The Morgan fingerprint density at radius 2 is 2.00 bits per heavy atom. The van der Waals surface area contributed by atoms with Crippen molar-refractivity contribution >= 4 is 5.97 Å². The van der Waals surface area contributed by atoms with Crippen LogP contribution < -0.4 is 0 Å². The minimum absolute atomic E-state index is 0.172. The third kappa shape index (κ3) is 1.78. The number of hydrogen-bond donors (Lipinski definition) is 2. The smallest absolute Gasteiger partial charge is 0.306 e. The number of rotatable bonds is 2. The second kappa shape index (κ2) is 3.44. The van der Waals surface area contributed by atoms with E-state index in [-0.39, 0.29) is 11.8 Å². The van der Waals surface area contributed by atoms with Gasteiger partial charge in [-0.3, -0.25) is 4.79 Å². The van der Waals surface area contributed by atoms with Gasteiger partial charge in [0.15, 0.2) is 0 Å². The van der Waals surface area contributed by atoms with Gasteiger partial charge in [0.1, 0.15) is 0 Å². The predicted molar refractivity (Wildman–Crippen MR) is 44.7 cm³/mol. The number of carbonyl (C=O) groups is 1. The summed E-state index contributed by atoms with van der Waals surface area (Å²) >= 11 is 0. The van der Waals surface area contributed by atoms with E-state index in [1.807, 2.05) is 13.8 Å². The van der Waals surface area contributed by atoms with Crippen LogP contribution in [0, 0.1) is 17.8 Å². The average molecular weight is 172 g/mol. The quantitative estimate of drug-likeness (QED) is 0.656. The maximum atomic E-state index is 10.6. The molecule has 0 amide bonds. The summed E-state index contributed by atoms with van der Waals surface area (Å²) in [5.41, 5.74) is 0. The van der Waals surface area contributed by atoms with Crippen molar-refractivity contribution in [3.05, 3.63) is 0 Å². The Balaban J connectivity index is 2.56. The molecule has 0 aromatic carbocycles. The monoisotopic (exact) mass is 172 g/mol. The molecule has 0 unspecified atom stereocenters. The lowest BCUT2D eigenvalue weighted by Gasteiger charge is -2.17. The molecule has 0 aromatic heterocycles. The lowest BCUT2D eigenvalue weighted by atomic mass is 9.92. The number of aliphatic hydroxyl groups is 1. The molecule has 1 aliphatic carbocycles. The van der Waals surface area contributed by atoms with Crippen LogP contribution in [0.2, 0.25) is 0 Å². The molecule has 1 aliphatic rings. The van der Waals surface area contributed by atoms with E-state index < -0.39 is 12.1 Å². The fourth-order valence-corrected chi connectivity index (χ4v) is 1.97. The molecule has 0 bridgehead atoms. The van der Waals surface area contributed by atoms with E-state index in [1.54, 1.807) is 0 Å². The van der Waals surface area contributed by atoms with Gasteiger partial charge in [0.2, 0.25) is 0 Å². The van der Waals surface area contributed by atoms with E-state index in [4.69, 9.17) is 5.11 Å². The van der Waals surface area contributed by atoms with Crippen LogP contribution in [-0.2, 0) is 4.79 Å². The lowest BCUT2D eigenvalue weighted by molar-refractivity contribution is -0.141. The number of carboxylic acid groups (broad SMARTS) is 1. The highest BCUT2D eigenvalue weighted by Gasteiger charge is 2.37. The minimum Gasteiger partial charge on any atom is -0.481 e. The molecule has 0 radical (unpaired) electrons. The van der Waals surface area contributed by atoms with Crippen LogP contribution in [0.25, 0.3) is 0 Å². The molecule has 3 heteroatoms. The molecule has 0 aromatic rings. The van der Waals surface area contributed by atoms with Gasteiger partial charge >= 0.3 is 5.97 Å². The van der Waals surface area contributed by atoms with Crippen LogP contribution in [0.4, 0.5) is 0 Å². The third-order valence-electron chi connectivity index (χ3n) is 2.78. The fourth-order valence-electron chi connectivity index (χ4n) is 1.97. The van der Waals surface area contributed by atoms with Crippen LogP contribution in [0.3, 0.4) is 0 Å². The summed E-state index contributed by atoms with van der Waals surface area (Å²) in [6, 6.07) is 0. The SMILES string of the molecule is CC(C)[C@H]1C[C@H](C(=O)O)C[C@H]1O. The van der Waals surface area contributed by atoms with Crippen LogP contribution >= 0.6 is 0 Å². The third-order valence-corrected chi connectivity index (χ3v) is 2.78. The molecular weight excluding hydrogens is 156 g/mol. The van der Waals surface area contributed by atoms with E-state index in [1.165, 1.54) is 0 Å². The highest BCUT2D eigenvalue weighted by molar-refractivity contribution is 5.70. The second-order valence-electron chi connectivity index (χ2n) is 3.98. The van der Waals surface area contributed by atoms with E-state index in [0.717, 1.165) is 0 Å². The Labute approximate surface area is 72.4 Å². The van der Waals surface area contributed by atoms with Crippen LogP contribution in [0.1, 0.15) is 26.7 Å². The van der Waals surface area contributed by atoms with Crippen molar-refractivity contribution in [3.63, 3.8) is 0 Å². The van der Waals surface area contributed by atoms with Crippen LogP contribution in [0.5, 0.6) is 0 Å². The topological polar surface area (TPSA) is 57.5 Å². The van der Waals surface area contributed by atoms with Gasteiger partial charge in [-0.1, -0.05) is 13.8 Å². The van der Waals surface area contributed by atoms with Gasteiger partial charge in [-0.05, 0) is 24.7 Å². The Hall–Kier alpha value is -0.570. The maximum absolute atomic E-state index is 10.6. The Morgan fingerprint density at radius 3 is 2.25 bits per heavy atom. The zero-order valence-electron chi connectivity index (χ0n) is 7.53. The molecule has 2 N–H and O–H groups in total. The molecule has 0 spiro atoms. The summed E-state index contributed by atoms with van der Waals surface area (Å²) < 4.78 is 0. The van der Waals surface area contributed by atoms with Crippen molar-refractivity contribution in [2.75, 3.05) is 0 Å². The molecule has 12 heavy (non-hydrogen) atoms. The molecule has 0 saturated heterocycles. The minimum atomic E-state index is -0.766. The Kier molecular flexibility index (Phi) is 2.73. The summed E-state index contributed by atoms with van der Waals surface area (Å²) in [6.45, 7) is 4.05. The molecular formula is C9H16O3. The van der Waals surface area contributed by atoms with Gasteiger partial charge in [-0.15, -0.1) is 0 Å². The highest BCUT2D eigenvalue weighted by Crippen LogP contribution is 2.35. The standard InChI is InChI=1S/C9H16O3/c1-5(2)7-3-6(9(11)12)4-8(7)10/h5-8,10H,3-4H2,1-2H3,(H,11,12)/t6-,7+,8+/m0/s1. The molecule has 3 nitrogen and oxygen atoms in total. The first-order chi connectivity index (χ1) is 5.52. The van der Waals surface area contributed by atoms with Gasteiger partial charge in [0.25, 0.3) is 0 Å². The van der Waals surface area contributed by atoms with Gasteiger partial charge in [-0.2, -0.15) is 0 Å². The first kappa shape index (κ1) is 9.52. The molecule has 1 rings (SSSR count). The van der Waals surface area contributed by atoms with Crippen molar-refractivity contribution in [2.45, 2.75) is 32.8 Å². The second-order valence-corrected chi connectivity index (χ2v) is 3.98. The average Bonchev–Trinajstić information content (AvgIpc) is 2.30. The number of aliphatic carboxylic acids is 1. The first-order valence-corrected chi connectivity index (χ1v) is 4.43. The lowest BCUT2D eigenvalue weighted by Crippen LogP contribution is -2.18. The summed E-state index contributed by atoms with van der Waals surface area (Å²) in [4.78, 5) is 10.6. The zero-order valence-corrected chi connectivity index (χ0v) is 7.53. The van der Waals surface area contributed by atoms with Crippen LogP contribution in [0.15, 0.2) is 0 Å². The molecule has 1 saturated carbocycles. The number of hydrogen-bond acceptors (Lipinski definition) is 2. The highest BCUT2D eigenvalue weighted by atomic mass is 16.4. The van der Waals surface area contributed by atoms with Gasteiger partial charge in [-0.25, -0.2) is 0 Å². The van der Waals surface area contributed by atoms with E-state index in [0.29, 0.717) is 18.8 Å². The zero-order chi connectivity index (χ0) is 9.30. The van der Waals surface area contributed by atoms with Crippen LogP contribution in [-0.4, -0.2) is 22.3 Å². The molecule has 1 fully saturated rings. The normalized spacial score (nSPS) is 35.8. The fraction of sp³-hybridized carbons (Fsp3) is 0.889. The van der Waals surface area contributed by atoms with Crippen molar-refractivity contribution in [1.82, 2.24) is 0 Å². The molecule has 3 atom stereocenters. The van der Waals surface area contributed by atoms with E-state index >= 15 is 0 Å². The number of aliphatic hydroxyl groups excluding tert-OH is 1. The molecule has 0 aliphatic heterocycles. The van der Waals surface area contributed by atoms with E-state index in [9.17, 15) is 9.90 Å². The Bertz CT molecular complexity index is 177. The van der Waals surface area contributed by atoms with Gasteiger partial charge in [0.05, 0.1) is 12.0 Å². The summed E-state index contributed by atoms with van der Waals surface area (Å²) in [5, 5.41) is 18.2. The summed E-state index contributed by atoms with van der Waals surface area (Å²) in [7, 11) is 0. The Morgan fingerprint density at radius 1 is 1.42 bits per heavy atom. The van der Waals surface area contributed by atoms with Crippen molar-refractivity contribution < 1.29 is 15.0 Å². The first-order valence-electron chi connectivity index (χ1n) is 4.43. The van der Waals surface area contributed by atoms with Crippen molar-refractivity contribution in [1.29, 1.82) is 0 Å². The molecule has 0 heterocycles. The summed E-state index contributed by atoms with van der Waals surface area (Å²) in [5.74, 6) is -0.542. The van der Waals surface area contributed by atoms with E-state index in [2.05, 4.69) is 0 Å². The predicted octanol–water partition coefficient (Wildman–Crippen LogP) is 1.11. The van der Waals surface area contributed by atoms with Gasteiger partial charge in [0, 0.05) is 0 Å². The van der Waals surface area contributed by atoms with Gasteiger partial charge < -0.3 is 10.2 Å². The molecule has 70 valence electrons. The maximum Gasteiger partial charge on any atom is 0.306 e. The largest absolute Gasteiger partial charge is 0.481 e. The number of carboxylic acids is 1. The summed E-state index contributed by atoms with van der Waals surface area (Å²) in [6.07, 6.45) is 0.651. The van der Waals surface area contributed by atoms with Crippen molar-refractivity contribution in [2.24, 2.45) is 17.8 Å². The van der Waals surface area contributed by atoms with Crippen molar-refractivity contribution in [3.8, 4) is 0 Å².